The Kier molecular flexibility index (Phi) is 8.39. The molecule has 0 aliphatic rings. The number of rotatable bonds is 5. The van der Waals surface area contributed by atoms with E-state index in [1.807, 2.05) is 12.1 Å². The van der Waals surface area contributed by atoms with E-state index >= 15 is 0 Å². The van der Waals surface area contributed by atoms with E-state index in [0.717, 1.165) is 83.3 Å². The lowest BCUT2D eigenvalue weighted by molar-refractivity contribution is 1.16. The van der Waals surface area contributed by atoms with E-state index in [1.54, 1.807) is 0 Å². The quantitative estimate of drug-likeness (QED) is 0.173. The van der Waals surface area contributed by atoms with Gasteiger partial charge in [-0.3, -0.25) is 0 Å². The van der Waals surface area contributed by atoms with E-state index in [-0.39, 0.29) is 0 Å². The molecule has 5 nitrogen and oxygen atoms in total. The first-order valence-corrected chi connectivity index (χ1v) is 25.0. The number of hydrogen-bond acceptors (Lipinski definition) is 2. The lowest BCUT2D eigenvalue weighted by Crippen LogP contribution is -1.99. The highest BCUT2D eigenvalue weighted by molar-refractivity contribution is 6.22. The van der Waals surface area contributed by atoms with Crippen LogP contribution in [0.2, 0.25) is 0 Å². The van der Waals surface area contributed by atoms with Gasteiger partial charge in [-0.25, -0.2) is 9.97 Å². The first-order chi connectivity index (χ1) is 36.2. The third kappa shape index (κ3) is 5.85. The minimum Gasteiger partial charge on any atom is -0.309 e. The minimum atomic E-state index is 0.849. The van der Waals surface area contributed by atoms with E-state index < -0.39 is 0 Å². The van der Waals surface area contributed by atoms with Gasteiger partial charge in [0.05, 0.1) is 61.2 Å². The van der Waals surface area contributed by atoms with E-state index in [0.29, 0.717) is 0 Å². The van der Waals surface area contributed by atoms with Crippen molar-refractivity contribution in [1.29, 1.82) is 0 Å². The number of fused-ring (bicyclic) bond motifs is 14. The van der Waals surface area contributed by atoms with Crippen molar-refractivity contribution in [3.8, 4) is 39.6 Å². The molecule has 0 aliphatic carbocycles. The fourth-order valence-corrected chi connectivity index (χ4v) is 12.2. The fourth-order valence-electron chi connectivity index (χ4n) is 12.2. The zero-order valence-corrected chi connectivity index (χ0v) is 39.4. The zero-order chi connectivity index (χ0) is 47.7. The molecule has 12 aromatic carbocycles. The Morgan fingerprint density at radius 2 is 0.849 bits per heavy atom. The zero-order valence-electron chi connectivity index (χ0n) is 39.4. The Morgan fingerprint density at radius 1 is 0.260 bits per heavy atom. The highest BCUT2D eigenvalue weighted by atomic mass is 15.0. The highest BCUT2D eigenvalue weighted by Crippen LogP contribution is 2.44. The smallest absolute Gasteiger partial charge is 0.0980 e. The van der Waals surface area contributed by atoms with Crippen molar-refractivity contribution in [2.45, 2.75) is 0 Å². The summed E-state index contributed by atoms with van der Waals surface area (Å²) in [5.41, 5.74) is 15.8. The molecule has 0 aliphatic heterocycles. The number of benzene rings is 12. The molecule has 0 saturated carbocycles. The molecule has 16 aromatic rings. The van der Waals surface area contributed by atoms with Gasteiger partial charge < -0.3 is 13.7 Å². The Labute approximate surface area is 418 Å². The van der Waals surface area contributed by atoms with Crippen LogP contribution in [-0.2, 0) is 0 Å². The predicted molar refractivity (Wildman–Crippen MR) is 306 cm³/mol. The van der Waals surface area contributed by atoms with Gasteiger partial charge in [0, 0.05) is 60.2 Å². The second-order valence-corrected chi connectivity index (χ2v) is 19.3. The van der Waals surface area contributed by atoms with Gasteiger partial charge in [0.2, 0.25) is 0 Å². The van der Waals surface area contributed by atoms with Crippen LogP contribution >= 0.6 is 0 Å². The molecule has 16 rings (SSSR count). The standard InChI is InChI=1S/C68H41N5/c1-2-20-47(21-3-1)71-59-28-12-9-24-53(59)66-54(25-15-31-61(66)71)68-67(69-56-26-10-11-27-57(56)70-68)46-32-35-49-45(38-46)19-14-30-58(49)73-63-40-44-18-5-4-17-43(44)39-55(63)51-36-34-48(41-64(51)73)72-60-29-13-8-23-52(60)65-50-22-7-6-16-42(50)33-37-62(65)72/h1-41H. The summed E-state index contributed by atoms with van der Waals surface area (Å²) in [5, 5.41) is 14.5. The maximum atomic E-state index is 5.50. The van der Waals surface area contributed by atoms with Crippen LogP contribution in [0, 0.1) is 0 Å². The van der Waals surface area contributed by atoms with Crippen LogP contribution < -0.4 is 0 Å². The summed E-state index contributed by atoms with van der Waals surface area (Å²) in [4.78, 5) is 11.0. The summed E-state index contributed by atoms with van der Waals surface area (Å²) < 4.78 is 7.31. The van der Waals surface area contributed by atoms with Gasteiger partial charge in [-0.2, -0.15) is 0 Å². The Hall–Kier alpha value is -9.84. The molecule has 0 amide bonds. The van der Waals surface area contributed by atoms with Crippen molar-refractivity contribution in [2.75, 3.05) is 0 Å². The van der Waals surface area contributed by atoms with Crippen LogP contribution in [0.25, 0.3) is 148 Å². The molecule has 0 atom stereocenters. The summed E-state index contributed by atoms with van der Waals surface area (Å²) in [6, 6.07) is 90.4. The normalized spacial score (nSPS) is 12.1. The minimum absolute atomic E-state index is 0.849. The first kappa shape index (κ1) is 39.9. The Morgan fingerprint density at radius 3 is 1.66 bits per heavy atom. The third-order valence-electron chi connectivity index (χ3n) is 15.3. The molecule has 0 unspecified atom stereocenters. The molecule has 4 heterocycles. The summed E-state index contributed by atoms with van der Waals surface area (Å²) >= 11 is 0. The molecule has 0 spiro atoms. The van der Waals surface area contributed by atoms with Crippen molar-refractivity contribution in [3.63, 3.8) is 0 Å². The van der Waals surface area contributed by atoms with Gasteiger partial charge in [-0.05, 0) is 112 Å². The molecule has 0 fully saturated rings. The van der Waals surface area contributed by atoms with E-state index in [2.05, 4.69) is 250 Å². The van der Waals surface area contributed by atoms with Crippen molar-refractivity contribution < 1.29 is 0 Å². The SMILES string of the molecule is c1ccc(-n2c3ccccc3c3c(-c4nc5ccccc5nc4-c4ccc5c(-n6c7cc(-n8c9ccccc9c9c%10ccccc%10ccc98)ccc7c7cc8ccccc8cc76)cccc5c4)cccc32)cc1. The van der Waals surface area contributed by atoms with Crippen molar-refractivity contribution in [1.82, 2.24) is 23.7 Å². The van der Waals surface area contributed by atoms with Crippen molar-refractivity contribution in [2.24, 2.45) is 0 Å². The summed E-state index contributed by atoms with van der Waals surface area (Å²) in [6.45, 7) is 0. The molecule has 338 valence electrons. The highest BCUT2D eigenvalue weighted by Gasteiger charge is 2.23. The topological polar surface area (TPSA) is 40.6 Å². The average molecular weight is 928 g/mol. The molecule has 0 N–H and O–H groups in total. The van der Waals surface area contributed by atoms with Gasteiger partial charge in [0.1, 0.15) is 0 Å². The maximum absolute atomic E-state index is 5.50. The van der Waals surface area contributed by atoms with Crippen LogP contribution in [0.4, 0.5) is 0 Å². The molecule has 0 radical (unpaired) electrons. The van der Waals surface area contributed by atoms with Crippen LogP contribution in [0.5, 0.6) is 0 Å². The fraction of sp³-hybridized carbons (Fsp3) is 0. The molecule has 0 bridgehead atoms. The molecular weight excluding hydrogens is 887 g/mol. The molecule has 4 aromatic heterocycles. The van der Waals surface area contributed by atoms with Crippen molar-refractivity contribution >= 4 is 109 Å². The lowest BCUT2D eigenvalue weighted by atomic mass is 9.97. The summed E-state index contributed by atoms with van der Waals surface area (Å²) in [5.74, 6) is 0. The van der Waals surface area contributed by atoms with Crippen molar-refractivity contribution in [3.05, 3.63) is 249 Å². The third-order valence-corrected chi connectivity index (χ3v) is 15.3. The second kappa shape index (κ2) is 15.3. The maximum Gasteiger partial charge on any atom is 0.0980 e. The second-order valence-electron chi connectivity index (χ2n) is 19.3. The Balaban J connectivity index is 0.930. The van der Waals surface area contributed by atoms with Gasteiger partial charge in [0.25, 0.3) is 0 Å². The monoisotopic (exact) mass is 927 g/mol. The lowest BCUT2D eigenvalue weighted by Gasteiger charge is -2.15. The van der Waals surface area contributed by atoms with Gasteiger partial charge in [-0.15, -0.1) is 0 Å². The number of para-hydroxylation sites is 5. The number of aromatic nitrogens is 5. The van der Waals surface area contributed by atoms with E-state index in [1.165, 1.54) is 65.0 Å². The molecular formula is C68H41N5. The Bertz CT molecular complexity index is 4980. The van der Waals surface area contributed by atoms with Gasteiger partial charge in [0.15, 0.2) is 0 Å². The largest absolute Gasteiger partial charge is 0.309 e. The van der Waals surface area contributed by atoms with Crippen LogP contribution in [-0.4, -0.2) is 23.7 Å². The predicted octanol–water partition coefficient (Wildman–Crippen LogP) is 17.7. The average Bonchev–Trinajstić information content (AvgIpc) is 4.11. The number of nitrogens with zero attached hydrogens (tertiary/aromatic N) is 5. The number of hydrogen-bond donors (Lipinski definition) is 0. The van der Waals surface area contributed by atoms with Crippen LogP contribution in [0.15, 0.2) is 249 Å². The summed E-state index contributed by atoms with van der Waals surface area (Å²) in [6.07, 6.45) is 0. The summed E-state index contributed by atoms with van der Waals surface area (Å²) in [7, 11) is 0. The molecule has 73 heavy (non-hydrogen) atoms. The van der Waals surface area contributed by atoms with Gasteiger partial charge in [-0.1, -0.05) is 164 Å². The van der Waals surface area contributed by atoms with E-state index in [9.17, 15) is 0 Å². The molecule has 0 saturated heterocycles. The van der Waals surface area contributed by atoms with Crippen LogP contribution in [0.3, 0.4) is 0 Å². The van der Waals surface area contributed by atoms with E-state index in [4.69, 9.17) is 9.97 Å². The molecule has 5 heteroatoms. The van der Waals surface area contributed by atoms with Gasteiger partial charge >= 0.3 is 0 Å². The first-order valence-electron chi connectivity index (χ1n) is 25.0. The van der Waals surface area contributed by atoms with Crippen LogP contribution in [0.1, 0.15) is 0 Å².